The van der Waals surface area contributed by atoms with Crippen molar-refractivity contribution < 1.29 is 0 Å². The third-order valence-corrected chi connectivity index (χ3v) is 5.90. The van der Waals surface area contributed by atoms with E-state index in [0.717, 1.165) is 23.7 Å². The quantitative estimate of drug-likeness (QED) is 0.649. The molecule has 110 valence electrons. The van der Waals surface area contributed by atoms with E-state index in [1.807, 2.05) is 0 Å². The molecule has 0 heterocycles. The maximum absolute atomic E-state index is 6.35. The van der Waals surface area contributed by atoms with Gasteiger partial charge in [-0.2, -0.15) is 0 Å². The third kappa shape index (κ3) is 3.24. The highest BCUT2D eigenvalue weighted by Crippen LogP contribution is 2.46. The van der Waals surface area contributed by atoms with E-state index in [4.69, 9.17) is 5.73 Å². The molecule has 4 unspecified atom stereocenters. The second-order valence-electron chi connectivity index (χ2n) is 7.33. The molecule has 2 rings (SSSR count). The molecule has 0 radical (unpaired) electrons. The molecule has 2 aliphatic carbocycles. The molecule has 0 bridgehead atoms. The highest BCUT2D eigenvalue weighted by Gasteiger charge is 2.36. The molecule has 1 nitrogen and oxygen atoms in total. The highest BCUT2D eigenvalue weighted by molar-refractivity contribution is 5.34. The highest BCUT2D eigenvalue weighted by atomic mass is 14.7. The van der Waals surface area contributed by atoms with Crippen molar-refractivity contribution in [2.75, 3.05) is 0 Å². The fraction of sp³-hybridized carbons (Fsp3) is 0.889. The first kappa shape index (κ1) is 15.1. The van der Waals surface area contributed by atoms with Crippen LogP contribution in [0.5, 0.6) is 0 Å². The summed E-state index contributed by atoms with van der Waals surface area (Å²) in [5.74, 6) is 3.31. The predicted octanol–water partition coefficient (Wildman–Crippen LogP) is 4.91. The summed E-state index contributed by atoms with van der Waals surface area (Å²) in [4.78, 5) is 0. The monoisotopic (exact) mass is 263 g/mol. The maximum Gasteiger partial charge on any atom is 0.0142 e. The first-order valence-corrected chi connectivity index (χ1v) is 8.50. The largest absolute Gasteiger partial charge is 0.327 e. The summed E-state index contributed by atoms with van der Waals surface area (Å²) in [6.07, 6.45) is 9.37. The minimum atomic E-state index is 0.448. The Morgan fingerprint density at radius 3 is 2.37 bits per heavy atom. The van der Waals surface area contributed by atoms with Crippen molar-refractivity contribution in [3.8, 4) is 0 Å². The molecule has 1 heteroatoms. The van der Waals surface area contributed by atoms with E-state index in [1.54, 1.807) is 11.1 Å². The Kier molecular flexibility index (Phi) is 5.11. The number of nitrogens with two attached hydrogens (primary N) is 1. The van der Waals surface area contributed by atoms with Crippen LogP contribution in [0, 0.1) is 23.7 Å². The van der Waals surface area contributed by atoms with Crippen LogP contribution >= 0.6 is 0 Å². The zero-order chi connectivity index (χ0) is 14.0. The molecule has 2 aliphatic rings. The van der Waals surface area contributed by atoms with Gasteiger partial charge in [0.1, 0.15) is 0 Å². The lowest BCUT2D eigenvalue weighted by Crippen LogP contribution is -2.28. The number of rotatable bonds is 7. The van der Waals surface area contributed by atoms with Crippen LogP contribution in [0.3, 0.4) is 0 Å². The van der Waals surface area contributed by atoms with Gasteiger partial charge in [-0.25, -0.2) is 0 Å². The summed E-state index contributed by atoms with van der Waals surface area (Å²) >= 11 is 0. The Hall–Kier alpha value is -0.300. The molecule has 4 atom stereocenters. The molecule has 0 aromatic heterocycles. The third-order valence-electron chi connectivity index (χ3n) is 5.90. The predicted molar refractivity (Wildman–Crippen MR) is 84.0 cm³/mol. The molecule has 0 amide bonds. The first-order valence-electron chi connectivity index (χ1n) is 8.50. The van der Waals surface area contributed by atoms with Gasteiger partial charge in [0.15, 0.2) is 0 Å². The van der Waals surface area contributed by atoms with E-state index in [1.165, 1.54) is 44.9 Å². The van der Waals surface area contributed by atoms with Gasteiger partial charge in [-0.3, -0.25) is 0 Å². The van der Waals surface area contributed by atoms with E-state index < -0.39 is 0 Å². The number of hydrogen-bond acceptors (Lipinski definition) is 1. The van der Waals surface area contributed by atoms with E-state index in [2.05, 4.69) is 27.7 Å². The molecule has 0 saturated carbocycles. The van der Waals surface area contributed by atoms with Crippen LogP contribution in [0.4, 0.5) is 0 Å². The standard InChI is InChI=1S/C18H33N/c1-5-6-14(13(4)12(2)3)7-10-17-16-9-8-15(16)11-18(17)19/h12-14,17-18H,5-11,19H2,1-4H3. The summed E-state index contributed by atoms with van der Waals surface area (Å²) in [5, 5.41) is 0. The zero-order valence-electron chi connectivity index (χ0n) is 13.4. The fourth-order valence-electron chi connectivity index (χ4n) is 4.18. The van der Waals surface area contributed by atoms with Crippen LogP contribution in [0.25, 0.3) is 0 Å². The molecule has 0 saturated heterocycles. The summed E-state index contributed by atoms with van der Waals surface area (Å²) < 4.78 is 0. The second-order valence-corrected chi connectivity index (χ2v) is 7.33. The minimum absolute atomic E-state index is 0.448. The van der Waals surface area contributed by atoms with Gasteiger partial charge < -0.3 is 5.73 Å². The second kappa shape index (κ2) is 6.43. The summed E-state index contributed by atoms with van der Waals surface area (Å²) in [6.45, 7) is 9.53. The van der Waals surface area contributed by atoms with Gasteiger partial charge >= 0.3 is 0 Å². The Morgan fingerprint density at radius 1 is 1.16 bits per heavy atom. The Morgan fingerprint density at radius 2 is 1.89 bits per heavy atom. The van der Waals surface area contributed by atoms with Gasteiger partial charge in [0, 0.05) is 6.04 Å². The molecule has 19 heavy (non-hydrogen) atoms. The van der Waals surface area contributed by atoms with Crippen LogP contribution in [0.2, 0.25) is 0 Å². The summed E-state index contributed by atoms with van der Waals surface area (Å²) in [6, 6.07) is 0.448. The van der Waals surface area contributed by atoms with Gasteiger partial charge in [0.05, 0.1) is 0 Å². The van der Waals surface area contributed by atoms with Crippen LogP contribution in [-0.2, 0) is 0 Å². The lowest BCUT2D eigenvalue weighted by atomic mass is 9.76. The molecule has 0 spiro atoms. The smallest absolute Gasteiger partial charge is 0.0142 e. The van der Waals surface area contributed by atoms with Crippen molar-refractivity contribution in [1.29, 1.82) is 0 Å². The summed E-state index contributed by atoms with van der Waals surface area (Å²) in [7, 11) is 0. The Balaban J connectivity index is 1.88. The van der Waals surface area contributed by atoms with Crippen molar-refractivity contribution >= 4 is 0 Å². The lowest BCUT2D eigenvalue weighted by molar-refractivity contribution is 0.231. The van der Waals surface area contributed by atoms with Gasteiger partial charge in [-0.15, -0.1) is 0 Å². The lowest BCUT2D eigenvalue weighted by Gasteiger charge is -2.30. The molecule has 0 aromatic rings. The topological polar surface area (TPSA) is 26.0 Å². The molecular weight excluding hydrogens is 230 g/mol. The van der Waals surface area contributed by atoms with Crippen LogP contribution in [-0.4, -0.2) is 6.04 Å². The Labute approximate surface area is 120 Å². The average Bonchev–Trinajstić information content (AvgIpc) is 2.56. The normalized spacial score (nSPS) is 29.4. The first-order chi connectivity index (χ1) is 9.04. The van der Waals surface area contributed by atoms with E-state index in [9.17, 15) is 0 Å². The molecule has 0 fully saturated rings. The van der Waals surface area contributed by atoms with Gasteiger partial charge in [-0.1, -0.05) is 51.7 Å². The van der Waals surface area contributed by atoms with Crippen molar-refractivity contribution in [1.82, 2.24) is 0 Å². The number of hydrogen-bond donors (Lipinski definition) is 1. The van der Waals surface area contributed by atoms with Crippen LogP contribution in [0.15, 0.2) is 11.1 Å². The maximum atomic E-state index is 6.35. The van der Waals surface area contributed by atoms with Crippen molar-refractivity contribution in [2.45, 2.75) is 78.7 Å². The van der Waals surface area contributed by atoms with Crippen molar-refractivity contribution in [2.24, 2.45) is 29.4 Å². The van der Waals surface area contributed by atoms with E-state index in [-0.39, 0.29) is 0 Å². The fourth-order valence-corrected chi connectivity index (χ4v) is 4.18. The van der Waals surface area contributed by atoms with Crippen LogP contribution < -0.4 is 5.73 Å². The minimum Gasteiger partial charge on any atom is -0.327 e. The van der Waals surface area contributed by atoms with Gasteiger partial charge in [0.2, 0.25) is 0 Å². The average molecular weight is 263 g/mol. The molecular formula is C18H33N. The van der Waals surface area contributed by atoms with E-state index >= 15 is 0 Å². The summed E-state index contributed by atoms with van der Waals surface area (Å²) in [5.41, 5.74) is 9.84. The van der Waals surface area contributed by atoms with Gasteiger partial charge in [-0.05, 0) is 55.8 Å². The van der Waals surface area contributed by atoms with Crippen LogP contribution in [0.1, 0.15) is 72.6 Å². The SMILES string of the molecule is CCCC(CCC1C2=C(CC2)CC1N)C(C)C(C)C. The Bertz CT molecular complexity index is 329. The molecule has 0 aromatic carbocycles. The van der Waals surface area contributed by atoms with Crippen molar-refractivity contribution in [3.63, 3.8) is 0 Å². The van der Waals surface area contributed by atoms with Gasteiger partial charge in [0.25, 0.3) is 0 Å². The van der Waals surface area contributed by atoms with E-state index in [0.29, 0.717) is 6.04 Å². The molecule has 0 aliphatic heterocycles. The van der Waals surface area contributed by atoms with Crippen molar-refractivity contribution in [3.05, 3.63) is 11.1 Å². The molecule has 2 N–H and O–H groups in total. The zero-order valence-corrected chi connectivity index (χ0v) is 13.4.